The summed E-state index contributed by atoms with van der Waals surface area (Å²) in [5.74, 6) is 0.370. The zero-order valence-electron chi connectivity index (χ0n) is 10.0. The average Bonchev–Trinajstić information content (AvgIpc) is 2.39. The first-order valence-electron chi connectivity index (χ1n) is 5.40. The number of rotatable bonds is 4. The maximum atomic E-state index is 10.6. The highest BCUT2D eigenvalue weighted by atomic mass is 35.5. The standard InChI is InChI=1S/C12H10ClN3O3/c1-8-5-15-9(6-14-8)7-19-12-3-2-10(16(17)18)4-11(12)13/h2-6H,7H2,1H3. The molecule has 19 heavy (non-hydrogen) atoms. The molecule has 0 N–H and O–H groups in total. The highest BCUT2D eigenvalue weighted by molar-refractivity contribution is 6.32. The summed E-state index contributed by atoms with van der Waals surface area (Å²) in [6, 6.07) is 4.04. The summed E-state index contributed by atoms with van der Waals surface area (Å²) in [7, 11) is 0. The number of benzene rings is 1. The number of nitro benzene ring substituents is 1. The predicted octanol–water partition coefficient (Wildman–Crippen LogP) is 2.93. The Kier molecular flexibility index (Phi) is 3.91. The van der Waals surface area contributed by atoms with Crippen molar-refractivity contribution in [2.24, 2.45) is 0 Å². The van der Waals surface area contributed by atoms with E-state index in [0.29, 0.717) is 11.4 Å². The van der Waals surface area contributed by atoms with Gasteiger partial charge in [-0.2, -0.15) is 0 Å². The van der Waals surface area contributed by atoms with Crippen LogP contribution in [0.4, 0.5) is 5.69 Å². The molecule has 0 fully saturated rings. The quantitative estimate of drug-likeness (QED) is 0.635. The fourth-order valence-corrected chi connectivity index (χ4v) is 1.60. The Morgan fingerprint density at radius 3 is 2.74 bits per heavy atom. The first kappa shape index (κ1) is 13.2. The number of halogens is 1. The Morgan fingerprint density at radius 1 is 1.37 bits per heavy atom. The largest absolute Gasteiger partial charge is 0.486 e. The molecular formula is C12H10ClN3O3. The van der Waals surface area contributed by atoms with Crippen LogP contribution < -0.4 is 4.74 Å². The number of hydrogen-bond acceptors (Lipinski definition) is 5. The zero-order valence-corrected chi connectivity index (χ0v) is 10.8. The number of non-ortho nitro benzene ring substituents is 1. The number of ether oxygens (including phenoxy) is 1. The molecule has 1 aromatic carbocycles. The normalized spacial score (nSPS) is 10.2. The Labute approximate surface area is 114 Å². The van der Waals surface area contributed by atoms with Gasteiger partial charge >= 0.3 is 0 Å². The number of aryl methyl sites for hydroxylation is 1. The Bertz CT molecular complexity index is 602. The van der Waals surface area contributed by atoms with Crippen LogP contribution in [0.15, 0.2) is 30.6 Å². The van der Waals surface area contributed by atoms with Gasteiger partial charge in [0.25, 0.3) is 5.69 Å². The molecule has 98 valence electrons. The van der Waals surface area contributed by atoms with Crippen LogP contribution in [0.1, 0.15) is 11.4 Å². The summed E-state index contributed by atoms with van der Waals surface area (Å²) >= 11 is 5.90. The Morgan fingerprint density at radius 2 is 2.16 bits per heavy atom. The summed E-state index contributed by atoms with van der Waals surface area (Å²) in [6.45, 7) is 2.04. The van der Waals surface area contributed by atoms with E-state index in [1.165, 1.54) is 18.2 Å². The van der Waals surface area contributed by atoms with Crippen molar-refractivity contribution in [3.8, 4) is 5.75 Å². The van der Waals surface area contributed by atoms with Crippen LogP contribution >= 0.6 is 11.6 Å². The van der Waals surface area contributed by atoms with Gasteiger partial charge in [-0.25, -0.2) is 0 Å². The van der Waals surface area contributed by atoms with Crippen LogP contribution in [0.2, 0.25) is 5.02 Å². The summed E-state index contributed by atoms with van der Waals surface area (Å²) in [6.07, 6.45) is 3.24. The molecule has 0 saturated heterocycles. The van der Waals surface area contributed by atoms with E-state index in [2.05, 4.69) is 9.97 Å². The molecule has 0 amide bonds. The van der Waals surface area contributed by atoms with Gasteiger partial charge in [0.2, 0.25) is 0 Å². The molecule has 2 rings (SSSR count). The SMILES string of the molecule is Cc1cnc(COc2ccc([N+](=O)[O-])cc2Cl)cn1. The van der Waals surface area contributed by atoms with E-state index in [1.54, 1.807) is 12.4 Å². The van der Waals surface area contributed by atoms with Crippen molar-refractivity contribution in [1.82, 2.24) is 9.97 Å². The van der Waals surface area contributed by atoms with Crippen LogP contribution in [-0.4, -0.2) is 14.9 Å². The summed E-state index contributed by atoms with van der Waals surface area (Å²) in [4.78, 5) is 18.3. The molecule has 0 spiro atoms. The average molecular weight is 280 g/mol. The third-order valence-electron chi connectivity index (χ3n) is 2.34. The summed E-state index contributed by atoms with van der Waals surface area (Å²) in [5, 5.41) is 10.8. The monoisotopic (exact) mass is 279 g/mol. The molecule has 0 aliphatic rings. The summed E-state index contributed by atoms with van der Waals surface area (Å²) in [5.41, 5.74) is 1.39. The lowest BCUT2D eigenvalue weighted by molar-refractivity contribution is -0.384. The predicted molar refractivity (Wildman–Crippen MR) is 69.2 cm³/mol. The third-order valence-corrected chi connectivity index (χ3v) is 2.63. The molecule has 2 aromatic rings. The molecule has 7 heteroatoms. The minimum atomic E-state index is -0.513. The van der Waals surface area contributed by atoms with Crippen molar-refractivity contribution in [2.75, 3.05) is 0 Å². The molecule has 0 aliphatic carbocycles. The number of hydrogen-bond donors (Lipinski definition) is 0. The van der Waals surface area contributed by atoms with Gasteiger partial charge in [0.05, 0.1) is 27.5 Å². The second kappa shape index (κ2) is 5.62. The van der Waals surface area contributed by atoms with Crippen molar-refractivity contribution in [2.45, 2.75) is 13.5 Å². The van der Waals surface area contributed by atoms with Gasteiger partial charge in [0, 0.05) is 18.3 Å². The topological polar surface area (TPSA) is 78.2 Å². The lowest BCUT2D eigenvalue weighted by Crippen LogP contribution is -2.00. The highest BCUT2D eigenvalue weighted by Crippen LogP contribution is 2.29. The Balaban J connectivity index is 2.07. The molecule has 0 unspecified atom stereocenters. The van der Waals surface area contributed by atoms with E-state index in [4.69, 9.17) is 16.3 Å². The second-order valence-electron chi connectivity index (χ2n) is 3.81. The van der Waals surface area contributed by atoms with Crippen molar-refractivity contribution < 1.29 is 9.66 Å². The fraction of sp³-hybridized carbons (Fsp3) is 0.167. The van der Waals surface area contributed by atoms with Gasteiger partial charge in [-0.05, 0) is 13.0 Å². The summed E-state index contributed by atoms with van der Waals surface area (Å²) < 4.78 is 5.44. The van der Waals surface area contributed by atoms with Gasteiger partial charge in [-0.15, -0.1) is 0 Å². The van der Waals surface area contributed by atoms with Crippen LogP contribution in [0, 0.1) is 17.0 Å². The first-order chi connectivity index (χ1) is 9.06. The highest BCUT2D eigenvalue weighted by Gasteiger charge is 2.10. The van der Waals surface area contributed by atoms with E-state index in [-0.39, 0.29) is 17.3 Å². The van der Waals surface area contributed by atoms with Gasteiger partial charge in [-0.3, -0.25) is 20.1 Å². The smallest absolute Gasteiger partial charge is 0.271 e. The number of nitro groups is 1. The molecule has 0 radical (unpaired) electrons. The van der Waals surface area contributed by atoms with Crippen LogP contribution in [0.25, 0.3) is 0 Å². The van der Waals surface area contributed by atoms with E-state index in [0.717, 1.165) is 5.69 Å². The van der Waals surface area contributed by atoms with Crippen molar-refractivity contribution in [1.29, 1.82) is 0 Å². The van der Waals surface area contributed by atoms with Crippen LogP contribution in [-0.2, 0) is 6.61 Å². The van der Waals surface area contributed by atoms with Gasteiger partial charge in [0.15, 0.2) is 0 Å². The van der Waals surface area contributed by atoms with Crippen LogP contribution in [0.3, 0.4) is 0 Å². The second-order valence-corrected chi connectivity index (χ2v) is 4.22. The van der Waals surface area contributed by atoms with Gasteiger partial charge in [-0.1, -0.05) is 11.6 Å². The molecular weight excluding hydrogens is 270 g/mol. The maximum absolute atomic E-state index is 10.6. The first-order valence-corrected chi connectivity index (χ1v) is 5.78. The van der Waals surface area contributed by atoms with Crippen molar-refractivity contribution in [3.63, 3.8) is 0 Å². The van der Waals surface area contributed by atoms with Crippen molar-refractivity contribution >= 4 is 17.3 Å². The molecule has 0 bridgehead atoms. The van der Waals surface area contributed by atoms with E-state index in [1.807, 2.05) is 6.92 Å². The fourth-order valence-electron chi connectivity index (χ4n) is 1.37. The minimum absolute atomic E-state index is 0.0764. The van der Waals surface area contributed by atoms with E-state index in [9.17, 15) is 10.1 Å². The minimum Gasteiger partial charge on any atom is -0.486 e. The van der Waals surface area contributed by atoms with Gasteiger partial charge in [0.1, 0.15) is 12.4 Å². The van der Waals surface area contributed by atoms with E-state index >= 15 is 0 Å². The lowest BCUT2D eigenvalue weighted by Gasteiger charge is -2.07. The zero-order chi connectivity index (χ0) is 13.8. The Hall–Kier alpha value is -2.21. The van der Waals surface area contributed by atoms with Gasteiger partial charge < -0.3 is 4.74 Å². The molecule has 6 nitrogen and oxygen atoms in total. The maximum Gasteiger partial charge on any atom is 0.271 e. The molecule has 1 heterocycles. The molecule has 0 saturated carbocycles. The van der Waals surface area contributed by atoms with Crippen molar-refractivity contribution in [3.05, 3.63) is 57.1 Å². The lowest BCUT2D eigenvalue weighted by atomic mass is 10.3. The third kappa shape index (κ3) is 3.38. The van der Waals surface area contributed by atoms with Crippen LogP contribution in [0.5, 0.6) is 5.75 Å². The van der Waals surface area contributed by atoms with E-state index < -0.39 is 4.92 Å². The number of aromatic nitrogens is 2. The molecule has 0 atom stereocenters. The molecule has 0 aliphatic heterocycles. The molecule has 1 aromatic heterocycles. The number of nitrogens with zero attached hydrogens (tertiary/aromatic N) is 3.